The van der Waals surface area contributed by atoms with Gasteiger partial charge in [-0.15, -0.1) is 0 Å². The zero-order chi connectivity index (χ0) is 25.7. The highest BCUT2D eigenvalue weighted by molar-refractivity contribution is 6.74. The van der Waals surface area contributed by atoms with E-state index in [0.717, 1.165) is 18.4 Å². The molecular weight excluding hydrogens is 452 g/mol. The molecule has 0 aromatic carbocycles. The van der Waals surface area contributed by atoms with Crippen LogP contribution >= 0.6 is 0 Å². The molecule has 3 fully saturated rings. The first-order chi connectivity index (χ1) is 15.4. The van der Waals surface area contributed by atoms with E-state index in [1.807, 2.05) is 0 Å². The van der Waals surface area contributed by atoms with Gasteiger partial charge in [0.1, 0.15) is 0 Å². The van der Waals surface area contributed by atoms with Crippen LogP contribution in [0.15, 0.2) is 24.3 Å². The molecule has 0 saturated heterocycles. The van der Waals surface area contributed by atoms with Gasteiger partial charge < -0.3 is 14.0 Å². The summed E-state index contributed by atoms with van der Waals surface area (Å²) in [7, 11) is -3.78. The highest BCUT2D eigenvalue weighted by Gasteiger charge is 2.53. The Morgan fingerprint density at radius 2 is 1.50 bits per heavy atom. The van der Waals surface area contributed by atoms with Crippen LogP contribution in [0.25, 0.3) is 0 Å². The predicted molar refractivity (Wildman–Crippen MR) is 150 cm³/mol. The molecule has 0 aromatic heterocycles. The number of fused-ring (bicyclic) bond motifs is 1. The van der Waals surface area contributed by atoms with E-state index in [9.17, 15) is 5.11 Å². The smallest absolute Gasteiger partial charge is 0.192 e. The molecule has 5 heteroatoms. The van der Waals surface area contributed by atoms with Gasteiger partial charge in [0.25, 0.3) is 0 Å². The summed E-state index contributed by atoms with van der Waals surface area (Å²) in [6, 6.07) is 0. The van der Waals surface area contributed by atoms with Crippen LogP contribution in [-0.2, 0) is 8.85 Å². The van der Waals surface area contributed by atoms with Crippen molar-refractivity contribution >= 4 is 16.6 Å². The Kier molecular flexibility index (Phi) is 8.28. The molecule has 3 rings (SSSR count). The molecule has 0 amide bonds. The van der Waals surface area contributed by atoms with Crippen LogP contribution in [0.3, 0.4) is 0 Å². The van der Waals surface area contributed by atoms with E-state index in [2.05, 4.69) is 86.5 Å². The maximum absolute atomic E-state index is 10.9. The summed E-state index contributed by atoms with van der Waals surface area (Å²) in [5.74, 6) is 1.68. The van der Waals surface area contributed by atoms with Gasteiger partial charge in [-0.1, -0.05) is 73.1 Å². The molecule has 1 unspecified atom stereocenters. The number of hydrogen-bond donors (Lipinski definition) is 1. The SMILES string of the molecule is C=C1C[C@@H]2[C@H](C=C[C@@H](O[Si](C)(C)C(C)(C)C)C3CCCC3)[C@H](O[Si](C)(C)C(C)(C)C)C[C@@H]2C1O. The summed E-state index contributed by atoms with van der Waals surface area (Å²) >= 11 is 0. The summed E-state index contributed by atoms with van der Waals surface area (Å²) in [5.41, 5.74) is 1.02. The van der Waals surface area contributed by atoms with Crippen LogP contribution < -0.4 is 0 Å². The molecule has 0 aliphatic heterocycles. The minimum atomic E-state index is -1.91. The van der Waals surface area contributed by atoms with E-state index in [0.29, 0.717) is 17.8 Å². The van der Waals surface area contributed by atoms with Gasteiger partial charge in [-0.3, -0.25) is 0 Å². The van der Waals surface area contributed by atoms with Crippen LogP contribution in [0.5, 0.6) is 0 Å². The lowest BCUT2D eigenvalue weighted by atomic mass is 9.89. The zero-order valence-electron chi connectivity index (χ0n) is 23.9. The van der Waals surface area contributed by atoms with Crippen molar-refractivity contribution < 1.29 is 14.0 Å². The Morgan fingerprint density at radius 1 is 0.941 bits per heavy atom. The first-order valence-corrected chi connectivity index (χ1v) is 19.7. The summed E-state index contributed by atoms with van der Waals surface area (Å²) in [4.78, 5) is 0. The largest absolute Gasteiger partial charge is 0.413 e. The minimum absolute atomic E-state index is 0.180. The van der Waals surface area contributed by atoms with E-state index in [4.69, 9.17) is 8.85 Å². The lowest BCUT2D eigenvalue weighted by molar-refractivity contribution is 0.128. The molecule has 1 N–H and O–H groups in total. The Morgan fingerprint density at radius 3 is 2.03 bits per heavy atom. The van der Waals surface area contributed by atoms with Crippen LogP contribution in [-0.4, -0.2) is 40.1 Å². The average molecular weight is 507 g/mol. The quantitative estimate of drug-likeness (QED) is 0.280. The van der Waals surface area contributed by atoms with Crippen molar-refractivity contribution in [3.63, 3.8) is 0 Å². The third kappa shape index (κ3) is 5.85. The molecule has 3 nitrogen and oxygen atoms in total. The molecule has 3 aliphatic carbocycles. The molecule has 0 spiro atoms. The van der Waals surface area contributed by atoms with Gasteiger partial charge in [0.2, 0.25) is 0 Å². The highest BCUT2D eigenvalue weighted by Crippen LogP contribution is 2.53. The van der Waals surface area contributed by atoms with Crippen LogP contribution in [0.1, 0.15) is 80.1 Å². The second-order valence-corrected chi connectivity index (χ2v) is 24.1. The Labute approximate surface area is 213 Å². The third-order valence-corrected chi connectivity index (χ3v) is 19.2. The number of aliphatic hydroxyl groups is 1. The monoisotopic (exact) mass is 506 g/mol. The van der Waals surface area contributed by atoms with Gasteiger partial charge >= 0.3 is 0 Å². The minimum Gasteiger partial charge on any atom is -0.413 e. The van der Waals surface area contributed by atoms with Crippen molar-refractivity contribution in [2.24, 2.45) is 23.7 Å². The first kappa shape index (κ1) is 28.4. The molecule has 34 heavy (non-hydrogen) atoms. The van der Waals surface area contributed by atoms with Gasteiger partial charge in [0, 0.05) is 5.92 Å². The molecule has 0 aromatic rings. The molecule has 3 aliphatic rings. The fourth-order valence-corrected chi connectivity index (χ4v) is 8.49. The van der Waals surface area contributed by atoms with Gasteiger partial charge in [-0.25, -0.2) is 0 Å². The first-order valence-electron chi connectivity index (χ1n) is 13.8. The molecule has 3 saturated carbocycles. The average Bonchev–Trinajstić information content (AvgIpc) is 3.37. The molecule has 6 atom stereocenters. The van der Waals surface area contributed by atoms with Gasteiger partial charge in [-0.05, 0) is 85.3 Å². The predicted octanol–water partition coefficient (Wildman–Crippen LogP) is 8.09. The van der Waals surface area contributed by atoms with E-state index in [-0.39, 0.29) is 34.3 Å². The molecule has 0 bridgehead atoms. The second-order valence-electron chi connectivity index (χ2n) is 14.6. The Balaban J connectivity index is 1.88. The number of rotatable bonds is 7. The van der Waals surface area contributed by atoms with Crippen LogP contribution in [0, 0.1) is 23.7 Å². The molecular formula is C29H54O3Si2. The fraction of sp³-hybridized carbons (Fsp3) is 0.862. The van der Waals surface area contributed by atoms with E-state index < -0.39 is 16.6 Å². The Bertz CT molecular complexity index is 752. The topological polar surface area (TPSA) is 38.7 Å². The second kappa shape index (κ2) is 9.92. The van der Waals surface area contributed by atoms with Gasteiger partial charge in [0.05, 0.1) is 18.3 Å². The van der Waals surface area contributed by atoms with Crippen molar-refractivity contribution in [1.29, 1.82) is 0 Å². The fourth-order valence-electron chi connectivity index (χ4n) is 5.82. The van der Waals surface area contributed by atoms with Gasteiger partial charge in [-0.2, -0.15) is 0 Å². The summed E-state index contributed by atoms with van der Waals surface area (Å²) in [6.45, 7) is 27.7. The van der Waals surface area contributed by atoms with Crippen molar-refractivity contribution in [3.05, 3.63) is 24.3 Å². The van der Waals surface area contributed by atoms with Crippen molar-refractivity contribution in [1.82, 2.24) is 0 Å². The maximum atomic E-state index is 10.9. The highest BCUT2D eigenvalue weighted by atomic mass is 28.4. The van der Waals surface area contributed by atoms with E-state index in [1.54, 1.807) is 0 Å². The Hall–Kier alpha value is -0.206. The maximum Gasteiger partial charge on any atom is 0.192 e. The van der Waals surface area contributed by atoms with Crippen molar-refractivity contribution in [2.45, 2.75) is 135 Å². The normalized spacial score (nSPS) is 32.7. The number of hydrogen-bond acceptors (Lipinski definition) is 3. The lowest BCUT2D eigenvalue weighted by Crippen LogP contribution is -2.45. The zero-order valence-corrected chi connectivity index (χ0v) is 25.9. The molecule has 0 radical (unpaired) electrons. The van der Waals surface area contributed by atoms with Gasteiger partial charge in [0.15, 0.2) is 16.6 Å². The molecule has 0 heterocycles. The summed E-state index contributed by atoms with van der Waals surface area (Å²) in [5, 5.41) is 11.3. The van der Waals surface area contributed by atoms with Crippen molar-refractivity contribution in [2.75, 3.05) is 0 Å². The van der Waals surface area contributed by atoms with Crippen LogP contribution in [0.2, 0.25) is 36.3 Å². The standard InChI is InChI=1S/C29H54O3Si2/c1-20-18-23-22(26(19-24(23)27(20)30)32-34(10,11)29(5,6)7)16-17-25(21-14-12-13-15-21)31-33(8,9)28(2,3)4/h16-17,21-27,30H,1,12-15,18-19H2,2-11H3/t22-,23+,24-,25+,26+,27?/m0/s1. The van der Waals surface area contributed by atoms with Crippen molar-refractivity contribution in [3.8, 4) is 0 Å². The summed E-state index contributed by atoms with van der Waals surface area (Å²) in [6.07, 6.45) is 12.0. The summed E-state index contributed by atoms with van der Waals surface area (Å²) < 4.78 is 14.1. The van der Waals surface area contributed by atoms with E-state index in [1.165, 1.54) is 25.7 Å². The van der Waals surface area contributed by atoms with E-state index >= 15 is 0 Å². The van der Waals surface area contributed by atoms with Crippen LogP contribution in [0.4, 0.5) is 0 Å². The third-order valence-electron chi connectivity index (χ3n) is 10.2. The number of aliphatic hydroxyl groups excluding tert-OH is 1. The molecule has 196 valence electrons. The lowest BCUT2D eigenvalue weighted by Gasteiger charge is -2.41.